The van der Waals surface area contributed by atoms with Gasteiger partial charge in [0.2, 0.25) is 0 Å². The lowest BCUT2D eigenvalue weighted by Crippen LogP contribution is -2.29. The summed E-state index contributed by atoms with van der Waals surface area (Å²) >= 11 is 0. The maximum absolute atomic E-state index is 8.22. The molecule has 4 nitrogen and oxygen atoms in total. The fourth-order valence-electron chi connectivity index (χ4n) is 0.798. The van der Waals surface area contributed by atoms with Crippen molar-refractivity contribution in [1.82, 2.24) is 10.6 Å². The average Bonchev–Trinajstić information content (AvgIpc) is 2.10. The lowest BCUT2D eigenvalue weighted by atomic mass is 10.4. The number of rotatable bonds is 8. The molecule has 12 heavy (non-hydrogen) atoms. The first kappa shape index (κ1) is 11.4. The molecule has 0 spiro atoms. The number of hydrogen-bond acceptors (Lipinski definition) is 4. The van der Waals surface area contributed by atoms with Crippen molar-refractivity contribution in [2.24, 2.45) is 5.73 Å². The van der Waals surface area contributed by atoms with Gasteiger partial charge in [0.15, 0.2) is 0 Å². The first-order chi connectivity index (χ1) is 5.91. The van der Waals surface area contributed by atoms with Crippen LogP contribution in [-0.4, -0.2) is 32.7 Å². The van der Waals surface area contributed by atoms with E-state index in [1.807, 2.05) is 0 Å². The number of nitrogens with two attached hydrogens (primary N) is 1. The van der Waals surface area contributed by atoms with Crippen LogP contribution >= 0.6 is 0 Å². The van der Waals surface area contributed by atoms with E-state index in [0.717, 1.165) is 39.1 Å². The summed E-state index contributed by atoms with van der Waals surface area (Å²) < 4.78 is 0. The Labute approximate surface area is 74.1 Å². The highest BCUT2D eigenvalue weighted by Gasteiger charge is 1.86. The van der Waals surface area contributed by atoms with Gasteiger partial charge in [-0.3, -0.25) is 0 Å². The summed E-state index contributed by atoms with van der Waals surface area (Å²) in [6.07, 6.45) is 1.61. The summed E-state index contributed by atoms with van der Waals surface area (Å²) in [5.41, 5.74) is 5.32. The van der Waals surface area contributed by atoms with Gasteiger partial charge in [0.05, 0.1) is 6.07 Å². The van der Waals surface area contributed by atoms with Crippen molar-refractivity contribution in [3.05, 3.63) is 0 Å². The topological polar surface area (TPSA) is 73.9 Å². The van der Waals surface area contributed by atoms with Crippen molar-refractivity contribution in [1.29, 1.82) is 5.26 Å². The molecule has 0 bridgehead atoms. The lowest BCUT2D eigenvalue weighted by Gasteiger charge is -2.03. The molecule has 4 N–H and O–H groups in total. The molecule has 0 aliphatic carbocycles. The maximum atomic E-state index is 8.22. The Balaban J connectivity index is 2.78. The van der Waals surface area contributed by atoms with Crippen LogP contribution in [0.3, 0.4) is 0 Å². The van der Waals surface area contributed by atoms with Gasteiger partial charge in [0, 0.05) is 26.1 Å². The van der Waals surface area contributed by atoms with Crippen LogP contribution in [0.15, 0.2) is 0 Å². The molecule has 4 heteroatoms. The lowest BCUT2D eigenvalue weighted by molar-refractivity contribution is 0.603. The fourth-order valence-corrected chi connectivity index (χ4v) is 0.798. The standard InChI is InChI=1S/C8H18N4/c9-3-1-5-11-7-8-12-6-2-4-10/h11-12H,1-3,5-9H2. The molecule has 0 aromatic carbocycles. The van der Waals surface area contributed by atoms with Gasteiger partial charge in [-0.05, 0) is 19.5 Å². The molecule has 0 aromatic rings. The van der Waals surface area contributed by atoms with Gasteiger partial charge in [-0.2, -0.15) is 5.26 Å². The zero-order chi connectivity index (χ0) is 9.07. The Morgan fingerprint density at radius 3 is 2.33 bits per heavy atom. The van der Waals surface area contributed by atoms with Crippen LogP contribution in [-0.2, 0) is 0 Å². The minimum atomic E-state index is 0.586. The van der Waals surface area contributed by atoms with Crippen LogP contribution in [0.5, 0.6) is 0 Å². The number of hydrogen-bond donors (Lipinski definition) is 3. The molecular weight excluding hydrogens is 152 g/mol. The summed E-state index contributed by atoms with van der Waals surface area (Å²) in [4.78, 5) is 0. The monoisotopic (exact) mass is 170 g/mol. The van der Waals surface area contributed by atoms with Crippen molar-refractivity contribution >= 4 is 0 Å². The third-order valence-corrected chi connectivity index (χ3v) is 1.45. The number of nitrogens with one attached hydrogen (secondary N) is 2. The third-order valence-electron chi connectivity index (χ3n) is 1.45. The van der Waals surface area contributed by atoms with E-state index in [1.165, 1.54) is 0 Å². The van der Waals surface area contributed by atoms with Crippen molar-refractivity contribution in [3.63, 3.8) is 0 Å². The van der Waals surface area contributed by atoms with E-state index < -0.39 is 0 Å². The van der Waals surface area contributed by atoms with E-state index in [4.69, 9.17) is 11.0 Å². The smallest absolute Gasteiger partial charge is 0.0635 e. The molecule has 70 valence electrons. The Bertz CT molecular complexity index is 119. The largest absolute Gasteiger partial charge is 0.330 e. The predicted octanol–water partition coefficient (Wildman–Crippen LogP) is -0.572. The maximum Gasteiger partial charge on any atom is 0.0635 e. The quantitative estimate of drug-likeness (QED) is 0.426. The van der Waals surface area contributed by atoms with Crippen molar-refractivity contribution in [2.75, 3.05) is 32.7 Å². The first-order valence-corrected chi connectivity index (χ1v) is 4.40. The second-order valence-electron chi connectivity index (χ2n) is 2.55. The van der Waals surface area contributed by atoms with Gasteiger partial charge < -0.3 is 16.4 Å². The zero-order valence-electron chi connectivity index (χ0n) is 7.47. The third kappa shape index (κ3) is 9.37. The van der Waals surface area contributed by atoms with Gasteiger partial charge in [0.25, 0.3) is 0 Å². The molecule has 0 unspecified atom stereocenters. The van der Waals surface area contributed by atoms with Crippen LogP contribution in [0.2, 0.25) is 0 Å². The second-order valence-corrected chi connectivity index (χ2v) is 2.55. The van der Waals surface area contributed by atoms with Crippen molar-refractivity contribution < 1.29 is 0 Å². The SMILES string of the molecule is N#CCCNCCNCCCN. The number of nitrogens with zero attached hydrogens (tertiary/aromatic N) is 1. The van der Waals surface area contributed by atoms with E-state index in [2.05, 4.69) is 16.7 Å². The molecule has 0 fully saturated rings. The van der Waals surface area contributed by atoms with E-state index in [9.17, 15) is 0 Å². The molecule has 0 saturated heterocycles. The Morgan fingerprint density at radius 1 is 1.08 bits per heavy atom. The summed E-state index contributed by atoms with van der Waals surface area (Å²) in [5, 5.41) is 14.6. The molecular formula is C8H18N4. The van der Waals surface area contributed by atoms with Gasteiger partial charge in [0.1, 0.15) is 0 Å². The van der Waals surface area contributed by atoms with Gasteiger partial charge >= 0.3 is 0 Å². The molecule has 0 atom stereocenters. The zero-order valence-corrected chi connectivity index (χ0v) is 7.47. The van der Waals surface area contributed by atoms with E-state index in [0.29, 0.717) is 6.42 Å². The van der Waals surface area contributed by atoms with Crippen LogP contribution in [0.4, 0.5) is 0 Å². The normalized spacial score (nSPS) is 9.67. The molecule has 0 amide bonds. The van der Waals surface area contributed by atoms with Gasteiger partial charge in [-0.15, -0.1) is 0 Å². The Kier molecular flexibility index (Phi) is 9.83. The minimum absolute atomic E-state index is 0.586. The average molecular weight is 170 g/mol. The van der Waals surface area contributed by atoms with Gasteiger partial charge in [-0.1, -0.05) is 0 Å². The second kappa shape index (κ2) is 10.4. The van der Waals surface area contributed by atoms with E-state index in [1.54, 1.807) is 0 Å². The fraction of sp³-hybridized carbons (Fsp3) is 0.875. The summed E-state index contributed by atoms with van der Waals surface area (Å²) in [5.74, 6) is 0. The molecule has 0 aliphatic rings. The molecule has 0 aliphatic heterocycles. The molecule has 0 aromatic heterocycles. The predicted molar refractivity (Wildman–Crippen MR) is 49.6 cm³/mol. The first-order valence-electron chi connectivity index (χ1n) is 4.40. The molecule has 0 heterocycles. The Morgan fingerprint density at radius 2 is 1.75 bits per heavy atom. The van der Waals surface area contributed by atoms with Crippen molar-refractivity contribution in [2.45, 2.75) is 12.8 Å². The van der Waals surface area contributed by atoms with Crippen molar-refractivity contribution in [3.8, 4) is 6.07 Å². The number of nitriles is 1. The van der Waals surface area contributed by atoms with Crippen LogP contribution in [0.25, 0.3) is 0 Å². The summed E-state index contributed by atoms with van der Waals surface area (Å²) in [6, 6.07) is 2.08. The van der Waals surface area contributed by atoms with Crippen LogP contribution in [0.1, 0.15) is 12.8 Å². The minimum Gasteiger partial charge on any atom is -0.330 e. The summed E-state index contributed by atoms with van der Waals surface area (Å²) in [7, 11) is 0. The van der Waals surface area contributed by atoms with E-state index >= 15 is 0 Å². The highest BCUT2D eigenvalue weighted by atomic mass is 14.9. The molecule has 0 rings (SSSR count). The van der Waals surface area contributed by atoms with Gasteiger partial charge in [-0.25, -0.2) is 0 Å². The molecule has 0 saturated carbocycles. The Hall–Kier alpha value is -0.630. The highest BCUT2D eigenvalue weighted by molar-refractivity contribution is 4.70. The molecule has 0 radical (unpaired) electrons. The van der Waals surface area contributed by atoms with Crippen LogP contribution in [0, 0.1) is 11.3 Å². The summed E-state index contributed by atoms with van der Waals surface area (Å²) in [6.45, 7) is 4.39. The van der Waals surface area contributed by atoms with Crippen LogP contribution < -0.4 is 16.4 Å². The van der Waals surface area contributed by atoms with E-state index in [-0.39, 0.29) is 0 Å². The highest BCUT2D eigenvalue weighted by Crippen LogP contribution is 1.70.